The lowest BCUT2D eigenvalue weighted by Crippen LogP contribution is -2.29. The second kappa shape index (κ2) is 4.90. The van der Waals surface area contributed by atoms with Gasteiger partial charge in [-0.2, -0.15) is 0 Å². The number of carbonyl (C=O) groups is 1. The van der Waals surface area contributed by atoms with E-state index in [9.17, 15) is 9.18 Å². The van der Waals surface area contributed by atoms with Gasteiger partial charge >= 0.3 is 0 Å². The fourth-order valence-corrected chi connectivity index (χ4v) is 2.90. The zero-order valence-corrected chi connectivity index (χ0v) is 12.2. The second-order valence-electron chi connectivity index (χ2n) is 4.68. The van der Waals surface area contributed by atoms with E-state index in [1.165, 1.54) is 12.1 Å². The number of anilines is 2. The van der Waals surface area contributed by atoms with Crippen molar-refractivity contribution in [2.24, 2.45) is 0 Å². The van der Waals surface area contributed by atoms with E-state index in [4.69, 9.17) is 5.73 Å². The molecule has 0 spiro atoms. The molecule has 2 aromatic rings. The van der Waals surface area contributed by atoms with Crippen LogP contribution >= 0.6 is 15.9 Å². The molecule has 0 atom stereocenters. The van der Waals surface area contributed by atoms with E-state index in [-0.39, 0.29) is 5.91 Å². The quantitative estimate of drug-likeness (QED) is 0.812. The molecule has 2 N–H and O–H groups in total. The SMILES string of the molecule is Nc1cccc2c1CCN2C(=O)c1cc(F)ccc1Br. The first-order chi connectivity index (χ1) is 9.58. The fraction of sp³-hybridized carbons (Fsp3) is 0.133. The van der Waals surface area contributed by atoms with Crippen LogP contribution in [0.4, 0.5) is 15.8 Å². The predicted octanol–water partition coefficient (Wildman–Crippen LogP) is 3.37. The molecule has 1 heterocycles. The zero-order valence-electron chi connectivity index (χ0n) is 10.6. The highest BCUT2D eigenvalue weighted by molar-refractivity contribution is 9.10. The van der Waals surface area contributed by atoms with Gasteiger partial charge in [0.25, 0.3) is 5.91 Å². The number of benzene rings is 2. The summed E-state index contributed by atoms with van der Waals surface area (Å²) in [5.74, 6) is -0.649. The van der Waals surface area contributed by atoms with Crippen LogP contribution in [0.3, 0.4) is 0 Å². The number of halogens is 2. The molecule has 0 saturated carbocycles. The largest absolute Gasteiger partial charge is 0.398 e. The summed E-state index contributed by atoms with van der Waals surface area (Å²) in [6, 6.07) is 9.61. The van der Waals surface area contributed by atoms with E-state index in [0.717, 1.165) is 17.7 Å². The Morgan fingerprint density at radius 2 is 2.10 bits per heavy atom. The first kappa shape index (κ1) is 13.1. The van der Waals surface area contributed by atoms with Crippen LogP contribution in [0.2, 0.25) is 0 Å². The number of rotatable bonds is 1. The van der Waals surface area contributed by atoms with E-state index < -0.39 is 5.82 Å². The normalized spacial score (nSPS) is 13.4. The minimum atomic E-state index is -0.427. The van der Waals surface area contributed by atoms with Crippen molar-refractivity contribution in [3.63, 3.8) is 0 Å². The van der Waals surface area contributed by atoms with Crippen molar-refractivity contribution in [2.75, 3.05) is 17.2 Å². The Bertz CT molecular complexity index is 702. The van der Waals surface area contributed by atoms with Gasteiger partial charge in [0, 0.05) is 28.0 Å². The molecule has 0 bridgehead atoms. The molecular formula is C15H12BrFN2O. The minimum absolute atomic E-state index is 0.222. The molecule has 1 aliphatic rings. The maximum Gasteiger partial charge on any atom is 0.259 e. The summed E-state index contributed by atoms with van der Waals surface area (Å²) in [4.78, 5) is 14.2. The average molecular weight is 335 g/mol. The van der Waals surface area contributed by atoms with Crippen molar-refractivity contribution < 1.29 is 9.18 Å². The summed E-state index contributed by atoms with van der Waals surface area (Å²) in [6.45, 7) is 0.561. The van der Waals surface area contributed by atoms with E-state index in [2.05, 4.69) is 15.9 Å². The highest BCUT2D eigenvalue weighted by Gasteiger charge is 2.27. The summed E-state index contributed by atoms with van der Waals surface area (Å²) in [7, 11) is 0. The van der Waals surface area contributed by atoms with E-state index in [1.54, 1.807) is 11.0 Å². The van der Waals surface area contributed by atoms with Gasteiger partial charge in [-0.25, -0.2) is 4.39 Å². The van der Waals surface area contributed by atoms with Gasteiger partial charge in [0.1, 0.15) is 5.82 Å². The maximum absolute atomic E-state index is 13.3. The standard InChI is InChI=1S/C15H12BrFN2O/c16-12-5-4-9(17)8-11(12)15(20)19-7-6-10-13(18)2-1-3-14(10)19/h1-5,8H,6-7,18H2. The third-order valence-electron chi connectivity index (χ3n) is 3.47. The van der Waals surface area contributed by atoms with Crippen LogP contribution in [0.25, 0.3) is 0 Å². The molecule has 0 aliphatic carbocycles. The lowest BCUT2D eigenvalue weighted by atomic mass is 10.1. The number of amides is 1. The van der Waals surface area contributed by atoms with Crippen molar-refractivity contribution in [1.82, 2.24) is 0 Å². The van der Waals surface area contributed by atoms with Crippen molar-refractivity contribution in [2.45, 2.75) is 6.42 Å². The van der Waals surface area contributed by atoms with Gasteiger partial charge in [-0.15, -0.1) is 0 Å². The van der Waals surface area contributed by atoms with Gasteiger partial charge in [0.2, 0.25) is 0 Å². The molecule has 3 rings (SSSR count). The molecule has 0 fully saturated rings. The Morgan fingerprint density at radius 3 is 2.90 bits per heavy atom. The van der Waals surface area contributed by atoms with Gasteiger partial charge in [0.15, 0.2) is 0 Å². The van der Waals surface area contributed by atoms with Gasteiger partial charge < -0.3 is 10.6 Å². The van der Waals surface area contributed by atoms with Crippen molar-refractivity contribution >= 4 is 33.2 Å². The highest BCUT2D eigenvalue weighted by atomic mass is 79.9. The van der Waals surface area contributed by atoms with Crippen LogP contribution in [0.5, 0.6) is 0 Å². The number of hydrogen-bond donors (Lipinski definition) is 1. The Kier molecular flexibility index (Phi) is 3.22. The molecule has 1 amide bonds. The Labute approximate surface area is 124 Å². The van der Waals surface area contributed by atoms with E-state index in [0.29, 0.717) is 22.3 Å². The van der Waals surface area contributed by atoms with Crippen LogP contribution < -0.4 is 10.6 Å². The molecule has 5 heteroatoms. The number of nitrogen functional groups attached to an aromatic ring is 1. The molecule has 20 heavy (non-hydrogen) atoms. The molecular weight excluding hydrogens is 323 g/mol. The number of fused-ring (bicyclic) bond motifs is 1. The second-order valence-corrected chi connectivity index (χ2v) is 5.53. The third kappa shape index (κ3) is 2.08. The lowest BCUT2D eigenvalue weighted by Gasteiger charge is -2.18. The minimum Gasteiger partial charge on any atom is -0.398 e. The van der Waals surface area contributed by atoms with Gasteiger partial charge in [0.05, 0.1) is 5.56 Å². The molecule has 1 aliphatic heterocycles. The Morgan fingerprint density at radius 1 is 1.30 bits per heavy atom. The summed E-state index contributed by atoms with van der Waals surface area (Å²) >= 11 is 3.29. The third-order valence-corrected chi connectivity index (χ3v) is 4.16. The van der Waals surface area contributed by atoms with Crippen molar-refractivity contribution in [3.8, 4) is 0 Å². The number of carbonyl (C=O) groups excluding carboxylic acids is 1. The molecule has 0 unspecified atom stereocenters. The number of hydrogen-bond acceptors (Lipinski definition) is 2. The molecule has 0 aromatic heterocycles. The number of nitrogens with two attached hydrogens (primary N) is 1. The molecule has 0 saturated heterocycles. The summed E-state index contributed by atoms with van der Waals surface area (Å²) in [5, 5.41) is 0. The highest BCUT2D eigenvalue weighted by Crippen LogP contribution is 2.34. The lowest BCUT2D eigenvalue weighted by molar-refractivity contribution is 0.0988. The average Bonchev–Trinajstić information content (AvgIpc) is 2.86. The number of nitrogens with zero attached hydrogens (tertiary/aromatic N) is 1. The molecule has 2 aromatic carbocycles. The van der Waals surface area contributed by atoms with Gasteiger partial charge in [-0.3, -0.25) is 4.79 Å². The summed E-state index contributed by atoms with van der Waals surface area (Å²) in [6.07, 6.45) is 0.723. The first-order valence-electron chi connectivity index (χ1n) is 6.22. The van der Waals surface area contributed by atoms with Crippen molar-refractivity contribution in [3.05, 3.63) is 57.8 Å². The zero-order chi connectivity index (χ0) is 14.3. The monoisotopic (exact) mass is 334 g/mol. The predicted molar refractivity (Wildman–Crippen MR) is 80.3 cm³/mol. The van der Waals surface area contributed by atoms with Gasteiger partial charge in [-0.05, 0) is 52.7 Å². The van der Waals surface area contributed by atoms with Crippen LogP contribution in [0.1, 0.15) is 15.9 Å². The Balaban J connectivity index is 2.02. The van der Waals surface area contributed by atoms with Gasteiger partial charge in [-0.1, -0.05) is 6.07 Å². The van der Waals surface area contributed by atoms with Crippen LogP contribution in [-0.2, 0) is 6.42 Å². The van der Waals surface area contributed by atoms with E-state index >= 15 is 0 Å². The molecule has 102 valence electrons. The molecule has 0 radical (unpaired) electrons. The van der Waals surface area contributed by atoms with Crippen LogP contribution in [0, 0.1) is 5.82 Å². The Hall–Kier alpha value is -1.88. The van der Waals surface area contributed by atoms with E-state index in [1.807, 2.05) is 18.2 Å². The smallest absolute Gasteiger partial charge is 0.259 e. The topological polar surface area (TPSA) is 46.3 Å². The van der Waals surface area contributed by atoms with Crippen LogP contribution in [0.15, 0.2) is 40.9 Å². The fourth-order valence-electron chi connectivity index (χ4n) is 2.48. The summed E-state index contributed by atoms with van der Waals surface area (Å²) in [5.41, 5.74) is 8.72. The molecule has 3 nitrogen and oxygen atoms in total. The summed E-state index contributed by atoms with van der Waals surface area (Å²) < 4.78 is 13.9. The maximum atomic E-state index is 13.3. The van der Waals surface area contributed by atoms with Crippen LogP contribution in [-0.4, -0.2) is 12.5 Å². The van der Waals surface area contributed by atoms with Crippen molar-refractivity contribution in [1.29, 1.82) is 0 Å². The first-order valence-corrected chi connectivity index (χ1v) is 7.01.